The summed E-state index contributed by atoms with van der Waals surface area (Å²) in [6.45, 7) is 4.17. The highest BCUT2D eigenvalue weighted by Crippen LogP contribution is 2.31. The Bertz CT molecular complexity index is 1290. The van der Waals surface area contributed by atoms with Crippen LogP contribution in [0.15, 0.2) is 72.8 Å². The van der Waals surface area contributed by atoms with Gasteiger partial charge in [-0.05, 0) is 35.2 Å². The van der Waals surface area contributed by atoms with E-state index >= 15 is 0 Å². The number of nitro groups is 1. The predicted octanol–water partition coefficient (Wildman–Crippen LogP) is 5.05. The molecule has 39 heavy (non-hydrogen) atoms. The zero-order valence-corrected chi connectivity index (χ0v) is 22.9. The lowest BCUT2D eigenvalue weighted by molar-refractivity contribution is -0.385. The smallest absolute Gasteiger partial charge is 0.311 e. The van der Waals surface area contributed by atoms with Crippen LogP contribution in [0.5, 0.6) is 11.5 Å². The second kappa shape index (κ2) is 14.2. The van der Waals surface area contributed by atoms with Crippen LogP contribution in [0.25, 0.3) is 0 Å². The predicted molar refractivity (Wildman–Crippen MR) is 149 cm³/mol. The van der Waals surface area contributed by atoms with Gasteiger partial charge < -0.3 is 19.7 Å². The summed E-state index contributed by atoms with van der Waals surface area (Å²) in [5, 5.41) is 14.7. The number of amides is 2. The molecule has 1 atom stereocenters. The molecule has 0 radical (unpaired) electrons. The van der Waals surface area contributed by atoms with E-state index < -0.39 is 23.5 Å². The highest BCUT2D eigenvalue weighted by atomic mass is 35.5. The number of carbonyl (C=O) groups is 2. The minimum absolute atomic E-state index is 0.00995. The standard InChI is InChI=1S/C29H32ClN3O6/c1-20(2)17-31-29(35)26(15-21-8-5-4-6-9-21)32(18-22-10-7-11-23(30)14-22)28(34)19-39-24-12-13-25(33(36)37)27(16-24)38-3/h4-14,16,20,26H,15,17-19H2,1-3H3,(H,31,35)/t26-/m0/s1. The lowest BCUT2D eigenvalue weighted by Gasteiger charge is -2.31. The van der Waals surface area contributed by atoms with Crippen molar-refractivity contribution in [2.75, 3.05) is 20.3 Å². The van der Waals surface area contributed by atoms with Crippen molar-refractivity contribution in [2.24, 2.45) is 5.92 Å². The van der Waals surface area contributed by atoms with Gasteiger partial charge in [-0.1, -0.05) is 67.9 Å². The van der Waals surface area contributed by atoms with Gasteiger partial charge in [-0.2, -0.15) is 0 Å². The van der Waals surface area contributed by atoms with Gasteiger partial charge in [0.05, 0.1) is 12.0 Å². The molecule has 3 aromatic carbocycles. The van der Waals surface area contributed by atoms with Crippen LogP contribution in [0.2, 0.25) is 5.02 Å². The van der Waals surface area contributed by atoms with Crippen LogP contribution in [0.1, 0.15) is 25.0 Å². The van der Waals surface area contributed by atoms with E-state index in [0.717, 1.165) is 11.1 Å². The average Bonchev–Trinajstić information content (AvgIpc) is 2.92. The van der Waals surface area contributed by atoms with Crippen LogP contribution in [0, 0.1) is 16.0 Å². The molecule has 0 unspecified atom stereocenters. The number of carbonyl (C=O) groups excluding carboxylic acids is 2. The second-order valence-electron chi connectivity index (χ2n) is 9.38. The first kappa shape index (κ1) is 29.4. The Balaban J connectivity index is 1.91. The Hall–Kier alpha value is -4.11. The fraction of sp³-hybridized carbons (Fsp3) is 0.310. The molecular weight excluding hydrogens is 522 g/mol. The van der Waals surface area contributed by atoms with Crippen molar-refractivity contribution in [1.82, 2.24) is 10.2 Å². The second-order valence-corrected chi connectivity index (χ2v) is 9.81. The number of ether oxygens (including phenoxy) is 2. The topological polar surface area (TPSA) is 111 Å². The summed E-state index contributed by atoms with van der Waals surface area (Å²) in [4.78, 5) is 39.2. The van der Waals surface area contributed by atoms with Crippen LogP contribution in [0.3, 0.4) is 0 Å². The first-order chi connectivity index (χ1) is 18.7. The molecule has 1 N–H and O–H groups in total. The number of halogens is 1. The SMILES string of the molecule is COc1cc(OCC(=O)N(Cc2cccc(Cl)c2)[C@@H](Cc2ccccc2)C(=O)NCC(C)C)ccc1[N+](=O)[O-]. The maximum absolute atomic E-state index is 13.7. The van der Waals surface area contributed by atoms with E-state index in [1.54, 1.807) is 18.2 Å². The van der Waals surface area contributed by atoms with Gasteiger partial charge >= 0.3 is 5.69 Å². The van der Waals surface area contributed by atoms with Crippen LogP contribution in [0.4, 0.5) is 5.69 Å². The fourth-order valence-corrected chi connectivity index (χ4v) is 4.15. The molecule has 0 saturated heterocycles. The molecule has 3 aromatic rings. The third-order valence-corrected chi connectivity index (χ3v) is 6.14. The number of hydrogen-bond donors (Lipinski definition) is 1. The summed E-state index contributed by atoms with van der Waals surface area (Å²) in [6.07, 6.45) is 0.294. The van der Waals surface area contributed by atoms with Gasteiger partial charge in [-0.3, -0.25) is 19.7 Å². The van der Waals surface area contributed by atoms with E-state index in [1.807, 2.05) is 50.2 Å². The van der Waals surface area contributed by atoms with E-state index in [9.17, 15) is 19.7 Å². The van der Waals surface area contributed by atoms with Crippen LogP contribution in [-0.2, 0) is 22.6 Å². The first-order valence-electron chi connectivity index (χ1n) is 12.5. The summed E-state index contributed by atoms with van der Waals surface area (Å²) in [6, 6.07) is 19.7. The van der Waals surface area contributed by atoms with Crippen molar-refractivity contribution in [2.45, 2.75) is 32.9 Å². The molecule has 0 aliphatic heterocycles. The van der Waals surface area contributed by atoms with Crippen LogP contribution < -0.4 is 14.8 Å². The van der Waals surface area contributed by atoms with Crippen LogP contribution >= 0.6 is 11.6 Å². The molecule has 0 aliphatic carbocycles. The highest BCUT2D eigenvalue weighted by molar-refractivity contribution is 6.30. The average molecular weight is 554 g/mol. The molecule has 0 heterocycles. The van der Waals surface area contributed by atoms with Crippen molar-refractivity contribution in [3.05, 3.63) is 99.1 Å². The van der Waals surface area contributed by atoms with Gasteiger partial charge in [0.25, 0.3) is 5.91 Å². The number of hydrogen-bond acceptors (Lipinski definition) is 6. The van der Waals surface area contributed by atoms with E-state index in [4.69, 9.17) is 21.1 Å². The zero-order chi connectivity index (χ0) is 28.4. The quantitative estimate of drug-likeness (QED) is 0.234. The molecule has 9 nitrogen and oxygen atoms in total. The number of nitrogens with one attached hydrogen (secondary N) is 1. The lowest BCUT2D eigenvalue weighted by Crippen LogP contribution is -2.52. The Morgan fingerprint density at radius 1 is 1.03 bits per heavy atom. The van der Waals surface area contributed by atoms with Crippen LogP contribution in [-0.4, -0.2) is 47.9 Å². The van der Waals surface area contributed by atoms with E-state index in [2.05, 4.69) is 5.32 Å². The molecule has 0 bridgehead atoms. The minimum atomic E-state index is -0.826. The van der Waals surface area contributed by atoms with Crippen molar-refractivity contribution in [3.8, 4) is 11.5 Å². The van der Waals surface area contributed by atoms with Gasteiger partial charge in [-0.15, -0.1) is 0 Å². The number of nitrogens with zero attached hydrogens (tertiary/aromatic N) is 2. The molecule has 0 fully saturated rings. The monoisotopic (exact) mass is 553 g/mol. The van der Waals surface area contributed by atoms with E-state index in [-0.39, 0.29) is 35.6 Å². The number of rotatable bonds is 13. The van der Waals surface area contributed by atoms with Gasteiger partial charge in [0.1, 0.15) is 11.8 Å². The summed E-state index contributed by atoms with van der Waals surface area (Å²) in [5.74, 6) is -0.259. The zero-order valence-electron chi connectivity index (χ0n) is 22.1. The summed E-state index contributed by atoms with van der Waals surface area (Å²) in [5.41, 5.74) is 1.43. The molecule has 206 valence electrons. The lowest BCUT2D eigenvalue weighted by atomic mass is 10.0. The maximum Gasteiger partial charge on any atom is 0.311 e. The van der Waals surface area contributed by atoms with E-state index in [1.165, 1.54) is 30.2 Å². The number of benzene rings is 3. The third-order valence-electron chi connectivity index (χ3n) is 5.91. The molecule has 10 heteroatoms. The highest BCUT2D eigenvalue weighted by Gasteiger charge is 2.31. The van der Waals surface area contributed by atoms with Crippen molar-refractivity contribution >= 4 is 29.1 Å². The molecule has 0 spiro atoms. The maximum atomic E-state index is 13.7. The van der Waals surface area contributed by atoms with Gasteiger partial charge in [0.2, 0.25) is 11.7 Å². The number of nitro benzene ring substituents is 1. The Labute approximate surface area is 232 Å². The number of methoxy groups -OCH3 is 1. The molecule has 0 aliphatic rings. The summed E-state index contributed by atoms with van der Waals surface area (Å²) in [7, 11) is 1.31. The van der Waals surface area contributed by atoms with Gasteiger partial charge in [0, 0.05) is 36.7 Å². The fourth-order valence-electron chi connectivity index (χ4n) is 3.94. The molecule has 2 amide bonds. The molecule has 0 saturated carbocycles. The Morgan fingerprint density at radius 3 is 2.38 bits per heavy atom. The van der Waals surface area contributed by atoms with Crippen molar-refractivity contribution in [1.29, 1.82) is 0 Å². The van der Waals surface area contributed by atoms with Gasteiger partial charge in [-0.25, -0.2) is 0 Å². The molecule has 0 aromatic heterocycles. The summed E-state index contributed by atoms with van der Waals surface area (Å²) < 4.78 is 10.8. The first-order valence-corrected chi connectivity index (χ1v) is 12.9. The largest absolute Gasteiger partial charge is 0.490 e. The summed E-state index contributed by atoms with van der Waals surface area (Å²) >= 11 is 6.20. The van der Waals surface area contributed by atoms with Crippen molar-refractivity contribution in [3.63, 3.8) is 0 Å². The normalized spacial score (nSPS) is 11.5. The Morgan fingerprint density at radius 2 is 1.74 bits per heavy atom. The van der Waals surface area contributed by atoms with Crippen molar-refractivity contribution < 1.29 is 24.0 Å². The molecular formula is C29H32ClN3O6. The van der Waals surface area contributed by atoms with E-state index in [0.29, 0.717) is 18.0 Å². The Kier molecular flexibility index (Phi) is 10.7. The minimum Gasteiger partial charge on any atom is -0.490 e. The third kappa shape index (κ3) is 8.71. The molecule has 3 rings (SSSR count). The van der Waals surface area contributed by atoms with Gasteiger partial charge in [0.15, 0.2) is 6.61 Å².